The molecule has 0 radical (unpaired) electrons. The SMILES string of the molecule is CC(C)c1ccc(S(=O)(=O)N2C[C@@H](O)C[C@H]2C(N)=O)cc1. The van der Waals surface area contributed by atoms with Crippen LogP contribution in [0.3, 0.4) is 0 Å². The minimum absolute atomic E-state index is 0.0403. The smallest absolute Gasteiger partial charge is 0.243 e. The van der Waals surface area contributed by atoms with Crippen molar-refractivity contribution in [2.24, 2.45) is 5.73 Å². The molecule has 0 aromatic heterocycles. The Labute approximate surface area is 124 Å². The summed E-state index contributed by atoms with van der Waals surface area (Å²) in [4.78, 5) is 11.5. The van der Waals surface area contributed by atoms with Gasteiger partial charge in [0.25, 0.3) is 0 Å². The van der Waals surface area contributed by atoms with Crippen LogP contribution in [-0.2, 0) is 14.8 Å². The van der Waals surface area contributed by atoms with E-state index in [1.807, 2.05) is 13.8 Å². The van der Waals surface area contributed by atoms with Crippen LogP contribution in [0.2, 0.25) is 0 Å². The highest BCUT2D eigenvalue weighted by Crippen LogP contribution is 2.27. The predicted molar refractivity (Wildman–Crippen MR) is 78.0 cm³/mol. The third kappa shape index (κ3) is 3.09. The van der Waals surface area contributed by atoms with E-state index in [2.05, 4.69) is 0 Å². The second-order valence-corrected chi connectivity index (χ2v) is 7.50. The number of carbonyl (C=O) groups excluding carboxylic acids is 1. The van der Waals surface area contributed by atoms with Gasteiger partial charge in [0.15, 0.2) is 0 Å². The Hall–Kier alpha value is -1.44. The summed E-state index contributed by atoms with van der Waals surface area (Å²) in [6.07, 6.45) is -0.828. The number of β-amino-alcohol motifs (C(OH)–C–C–N with tert-alkyl or cyclic N) is 1. The first kappa shape index (κ1) is 15.9. The van der Waals surface area contributed by atoms with Gasteiger partial charge in [-0.15, -0.1) is 0 Å². The van der Waals surface area contributed by atoms with Gasteiger partial charge in [-0.05, 0) is 23.6 Å². The van der Waals surface area contributed by atoms with Crippen molar-refractivity contribution in [2.45, 2.75) is 43.2 Å². The van der Waals surface area contributed by atoms with E-state index >= 15 is 0 Å². The molecule has 1 aliphatic rings. The van der Waals surface area contributed by atoms with Crippen LogP contribution in [0.1, 0.15) is 31.7 Å². The van der Waals surface area contributed by atoms with E-state index in [1.54, 1.807) is 12.1 Å². The number of nitrogens with two attached hydrogens (primary N) is 1. The fraction of sp³-hybridized carbons (Fsp3) is 0.500. The average molecular weight is 312 g/mol. The number of aliphatic hydroxyl groups excluding tert-OH is 1. The standard InChI is InChI=1S/C14H20N2O4S/c1-9(2)10-3-5-12(6-4-10)21(19,20)16-8-11(17)7-13(16)14(15)18/h3-6,9,11,13,17H,7-8H2,1-2H3,(H2,15,18)/t11-,13-/m0/s1. The molecule has 116 valence electrons. The van der Waals surface area contributed by atoms with Gasteiger partial charge >= 0.3 is 0 Å². The molecule has 2 rings (SSSR count). The number of aliphatic hydroxyl groups is 1. The third-order valence-corrected chi connectivity index (χ3v) is 5.60. The number of nitrogens with zero attached hydrogens (tertiary/aromatic N) is 1. The van der Waals surface area contributed by atoms with Gasteiger partial charge in [0.05, 0.1) is 11.0 Å². The molecule has 1 aliphatic heterocycles. The molecule has 1 amide bonds. The molecule has 1 aromatic rings. The first-order valence-corrected chi connectivity index (χ1v) is 8.26. The summed E-state index contributed by atoms with van der Waals surface area (Å²) < 4.78 is 26.2. The lowest BCUT2D eigenvalue weighted by atomic mass is 10.0. The lowest BCUT2D eigenvalue weighted by Crippen LogP contribution is -2.43. The number of carbonyl (C=O) groups is 1. The normalized spacial score (nSPS) is 23.6. The highest BCUT2D eigenvalue weighted by atomic mass is 32.2. The van der Waals surface area contributed by atoms with E-state index in [4.69, 9.17) is 5.73 Å². The molecule has 0 spiro atoms. The third-order valence-electron chi connectivity index (χ3n) is 3.72. The first-order valence-electron chi connectivity index (χ1n) is 6.82. The highest BCUT2D eigenvalue weighted by molar-refractivity contribution is 7.89. The van der Waals surface area contributed by atoms with Crippen molar-refractivity contribution < 1.29 is 18.3 Å². The van der Waals surface area contributed by atoms with Gasteiger partial charge in [-0.25, -0.2) is 8.42 Å². The van der Waals surface area contributed by atoms with Crippen LogP contribution in [0.25, 0.3) is 0 Å². The Balaban J connectivity index is 2.35. The van der Waals surface area contributed by atoms with Crippen molar-refractivity contribution in [2.75, 3.05) is 6.54 Å². The Morgan fingerprint density at radius 3 is 2.38 bits per heavy atom. The van der Waals surface area contributed by atoms with Gasteiger partial charge in [-0.2, -0.15) is 4.31 Å². The molecule has 0 unspecified atom stereocenters. The molecule has 0 bridgehead atoms. The van der Waals surface area contributed by atoms with Crippen LogP contribution in [0, 0.1) is 0 Å². The fourth-order valence-electron chi connectivity index (χ4n) is 2.47. The summed E-state index contributed by atoms with van der Waals surface area (Å²) in [6, 6.07) is 5.56. The first-order chi connectivity index (χ1) is 9.73. The van der Waals surface area contributed by atoms with Crippen LogP contribution in [0.5, 0.6) is 0 Å². The number of sulfonamides is 1. The zero-order chi connectivity index (χ0) is 15.8. The number of primary amides is 1. The Morgan fingerprint density at radius 1 is 1.33 bits per heavy atom. The van der Waals surface area contributed by atoms with Crippen LogP contribution in [0.4, 0.5) is 0 Å². The fourth-order valence-corrected chi connectivity index (χ4v) is 4.11. The van der Waals surface area contributed by atoms with E-state index in [9.17, 15) is 18.3 Å². The molecule has 21 heavy (non-hydrogen) atoms. The quantitative estimate of drug-likeness (QED) is 0.841. The molecular weight excluding hydrogens is 292 g/mol. The Morgan fingerprint density at radius 2 is 1.90 bits per heavy atom. The molecular formula is C14H20N2O4S. The molecule has 3 N–H and O–H groups in total. The molecule has 0 aliphatic carbocycles. The predicted octanol–water partition coefficient (Wildman–Crippen LogP) is 0.419. The van der Waals surface area contributed by atoms with Gasteiger partial charge in [0.2, 0.25) is 15.9 Å². The number of hydrogen-bond acceptors (Lipinski definition) is 4. The summed E-state index contributed by atoms with van der Waals surface area (Å²) in [5, 5.41) is 9.63. The largest absolute Gasteiger partial charge is 0.392 e. The second-order valence-electron chi connectivity index (χ2n) is 5.61. The van der Waals surface area contributed by atoms with E-state index in [0.717, 1.165) is 9.87 Å². The van der Waals surface area contributed by atoms with Crippen molar-refractivity contribution in [1.29, 1.82) is 0 Å². The maximum atomic E-state index is 12.6. The minimum atomic E-state index is -3.84. The Bertz CT molecular complexity index is 625. The van der Waals surface area contributed by atoms with Crippen molar-refractivity contribution in [1.82, 2.24) is 4.31 Å². The van der Waals surface area contributed by atoms with Crippen LogP contribution < -0.4 is 5.73 Å². The lowest BCUT2D eigenvalue weighted by molar-refractivity contribution is -0.121. The van der Waals surface area contributed by atoms with E-state index in [1.165, 1.54) is 12.1 Å². The van der Waals surface area contributed by atoms with Gasteiger partial charge in [-0.3, -0.25) is 4.79 Å². The molecule has 6 nitrogen and oxygen atoms in total. The van der Waals surface area contributed by atoms with Crippen LogP contribution in [-0.4, -0.2) is 42.4 Å². The summed E-state index contributed by atoms with van der Waals surface area (Å²) in [6.45, 7) is 3.93. The van der Waals surface area contributed by atoms with Gasteiger partial charge < -0.3 is 10.8 Å². The van der Waals surface area contributed by atoms with Crippen LogP contribution >= 0.6 is 0 Å². The Kier molecular flexibility index (Phi) is 4.36. The van der Waals surface area contributed by atoms with Crippen molar-refractivity contribution >= 4 is 15.9 Å². The van der Waals surface area contributed by atoms with Crippen LogP contribution in [0.15, 0.2) is 29.2 Å². The molecule has 0 saturated carbocycles. The summed E-state index contributed by atoms with van der Waals surface area (Å²) in [5.41, 5.74) is 6.26. The summed E-state index contributed by atoms with van der Waals surface area (Å²) in [5.74, 6) is -0.442. The van der Waals surface area contributed by atoms with E-state index < -0.39 is 28.1 Å². The summed E-state index contributed by atoms with van der Waals surface area (Å²) in [7, 11) is -3.84. The molecule has 1 saturated heterocycles. The molecule has 1 fully saturated rings. The molecule has 7 heteroatoms. The number of hydrogen-bond donors (Lipinski definition) is 2. The zero-order valence-corrected chi connectivity index (χ0v) is 12.9. The number of benzene rings is 1. The minimum Gasteiger partial charge on any atom is -0.392 e. The van der Waals surface area contributed by atoms with Gasteiger partial charge in [-0.1, -0.05) is 26.0 Å². The lowest BCUT2D eigenvalue weighted by Gasteiger charge is -2.21. The maximum absolute atomic E-state index is 12.6. The second kappa shape index (κ2) is 5.75. The van der Waals surface area contributed by atoms with E-state index in [-0.39, 0.29) is 17.9 Å². The number of amides is 1. The topological polar surface area (TPSA) is 101 Å². The molecule has 2 atom stereocenters. The molecule has 1 heterocycles. The monoisotopic (exact) mass is 312 g/mol. The van der Waals surface area contributed by atoms with Gasteiger partial charge in [0.1, 0.15) is 6.04 Å². The van der Waals surface area contributed by atoms with Gasteiger partial charge in [0, 0.05) is 13.0 Å². The van der Waals surface area contributed by atoms with Crippen molar-refractivity contribution in [3.63, 3.8) is 0 Å². The highest BCUT2D eigenvalue weighted by Gasteiger charge is 2.42. The summed E-state index contributed by atoms with van der Waals surface area (Å²) >= 11 is 0. The maximum Gasteiger partial charge on any atom is 0.243 e. The number of rotatable bonds is 4. The average Bonchev–Trinajstić information content (AvgIpc) is 2.82. The van der Waals surface area contributed by atoms with Crippen molar-refractivity contribution in [3.05, 3.63) is 29.8 Å². The van der Waals surface area contributed by atoms with Crippen molar-refractivity contribution in [3.8, 4) is 0 Å². The zero-order valence-electron chi connectivity index (χ0n) is 12.1. The van der Waals surface area contributed by atoms with E-state index in [0.29, 0.717) is 5.92 Å². The molecule has 1 aromatic carbocycles.